The van der Waals surface area contributed by atoms with Crippen LogP contribution in [0.4, 0.5) is 4.39 Å². The van der Waals surface area contributed by atoms with Crippen LogP contribution in [0.25, 0.3) is 11.3 Å². The minimum Gasteiger partial charge on any atom is -0.254 e. The Hall–Kier alpha value is -2.57. The summed E-state index contributed by atoms with van der Waals surface area (Å²) in [7, 11) is 0. The third kappa shape index (κ3) is 3.58. The van der Waals surface area contributed by atoms with Gasteiger partial charge >= 0.3 is 0 Å². The summed E-state index contributed by atoms with van der Waals surface area (Å²) < 4.78 is 15.5. The first-order valence-electron chi connectivity index (χ1n) is 10.4. The van der Waals surface area contributed by atoms with Crippen LogP contribution in [0.1, 0.15) is 43.4 Å². The van der Waals surface area contributed by atoms with E-state index in [1.807, 2.05) is 35.0 Å². The van der Waals surface area contributed by atoms with E-state index < -0.39 is 0 Å². The topological polar surface area (TPSA) is 54.8 Å². The third-order valence-corrected chi connectivity index (χ3v) is 6.48. The fourth-order valence-electron chi connectivity index (χ4n) is 4.90. The van der Waals surface area contributed by atoms with Gasteiger partial charge in [-0.15, -0.1) is 5.10 Å². The van der Waals surface area contributed by atoms with Gasteiger partial charge in [0, 0.05) is 23.6 Å². The van der Waals surface area contributed by atoms with Gasteiger partial charge in [0.05, 0.1) is 17.9 Å². The Morgan fingerprint density at radius 3 is 2.62 bits per heavy atom. The Kier molecular flexibility index (Phi) is 4.89. The zero-order chi connectivity index (χ0) is 19.8. The summed E-state index contributed by atoms with van der Waals surface area (Å²) in [6, 6.07) is 18.0. The molecule has 5 rings (SSSR count). The molecule has 0 bridgehead atoms. The molecule has 2 N–H and O–H groups in total. The molecule has 150 valence electrons. The average Bonchev–Trinajstić information content (AvgIpc) is 3.33. The van der Waals surface area contributed by atoms with E-state index in [1.165, 1.54) is 17.7 Å². The zero-order valence-corrected chi connectivity index (χ0v) is 16.6. The number of nitrogens with zero attached hydrogens (tertiary/aromatic N) is 3. The van der Waals surface area contributed by atoms with Crippen LogP contribution < -0.4 is 10.9 Å². The first-order chi connectivity index (χ1) is 14.2. The van der Waals surface area contributed by atoms with Gasteiger partial charge in [-0.3, -0.25) is 10.9 Å². The van der Waals surface area contributed by atoms with E-state index in [0.29, 0.717) is 30.5 Å². The Labute approximate surface area is 170 Å². The number of hydrazine groups is 1. The highest BCUT2D eigenvalue weighted by Crippen LogP contribution is 2.41. The lowest BCUT2D eigenvalue weighted by Gasteiger charge is -2.31. The van der Waals surface area contributed by atoms with Crippen molar-refractivity contribution in [1.82, 2.24) is 25.8 Å². The second-order valence-electron chi connectivity index (χ2n) is 8.33. The molecule has 1 aromatic heterocycles. The number of fused-ring (bicyclic) bond motifs is 1. The van der Waals surface area contributed by atoms with E-state index in [2.05, 4.69) is 40.2 Å². The van der Waals surface area contributed by atoms with E-state index in [1.54, 1.807) is 0 Å². The number of hydrogen-bond donors (Lipinski definition) is 2. The van der Waals surface area contributed by atoms with Crippen LogP contribution in [-0.4, -0.2) is 27.1 Å². The minimum absolute atomic E-state index is 0.227. The fraction of sp³-hybridized carbons (Fsp3) is 0.391. The lowest BCUT2D eigenvalue weighted by atomic mass is 9.74. The molecule has 1 aliphatic carbocycles. The SMILES string of the molecule is CC1NNC2CCC(c3nnn(Cc4ccccc4)c3-c3ccc(F)cc3)CC12. The average molecular weight is 391 g/mol. The maximum absolute atomic E-state index is 13.6. The molecule has 2 aromatic carbocycles. The molecule has 1 saturated carbocycles. The second-order valence-corrected chi connectivity index (χ2v) is 8.33. The van der Waals surface area contributed by atoms with Crippen molar-refractivity contribution in [3.8, 4) is 11.3 Å². The van der Waals surface area contributed by atoms with Gasteiger partial charge in [0.2, 0.25) is 0 Å². The largest absolute Gasteiger partial charge is 0.254 e. The van der Waals surface area contributed by atoms with Gasteiger partial charge in [-0.1, -0.05) is 35.5 Å². The van der Waals surface area contributed by atoms with E-state index in [0.717, 1.165) is 36.2 Å². The number of aromatic nitrogens is 3. The van der Waals surface area contributed by atoms with Gasteiger partial charge in [-0.25, -0.2) is 9.07 Å². The number of rotatable bonds is 4. The van der Waals surface area contributed by atoms with Crippen molar-refractivity contribution in [3.05, 3.63) is 71.7 Å². The molecular weight excluding hydrogens is 365 g/mol. The number of benzene rings is 2. The smallest absolute Gasteiger partial charge is 0.123 e. The van der Waals surface area contributed by atoms with Gasteiger partial charge in [-0.05, 0) is 61.9 Å². The molecule has 2 fully saturated rings. The Morgan fingerprint density at radius 2 is 1.83 bits per heavy atom. The summed E-state index contributed by atoms with van der Waals surface area (Å²) in [5.41, 5.74) is 11.0. The summed E-state index contributed by atoms with van der Waals surface area (Å²) in [5, 5.41) is 9.18. The molecule has 5 nitrogen and oxygen atoms in total. The highest BCUT2D eigenvalue weighted by atomic mass is 19.1. The van der Waals surface area contributed by atoms with Crippen LogP contribution in [0.3, 0.4) is 0 Å². The highest BCUT2D eigenvalue weighted by molar-refractivity contribution is 5.62. The van der Waals surface area contributed by atoms with Crippen molar-refractivity contribution >= 4 is 0 Å². The van der Waals surface area contributed by atoms with Crippen LogP contribution in [0, 0.1) is 11.7 Å². The van der Waals surface area contributed by atoms with Crippen LogP contribution in [0.5, 0.6) is 0 Å². The second kappa shape index (κ2) is 7.69. The molecule has 0 spiro atoms. The van der Waals surface area contributed by atoms with Crippen molar-refractivity contribution in [1.29, 1.82) is 0 Å². The van der Waals surface area contributed by atoms with Gasteiger partial charge in [0.15, 0.2) is 0 Å². The predicted molar refractivity (Wildman–Crippen MR) is 111 cm³/mol. The van der Waals surface area contributed by atoms with Crippen LogP contribution in [0.15, 0.2) is 54.6 Å². The molecule has 1 saturated heterocycles. The molecule has 1 aliphatic heterocycles. The van der Waals surface area contributed by atoms with Gasteiger partial charge < -0.3 is 0 Å². The minimum atomic E-state index is -0.227. The summed E-state index contributed by atoms with van der Waals surface area (Å²) in [4.78, 5) is 0. The van der Waals surface area contributed by atoms with Crippen LogP contribution >= 0.6 is 0 Å². The monoisotopic (exact) mass is 391 g/mol. The summed E-state index contributed by atoms with van der Waals surface area (Å²) >= 11 is 0. The Bertz CT molecular complexity index is 969. The summed E-state index contributed by atoms with van der Waals surface area (Å²) in [6.07, 6.45) is 3.30. The van der Waals surface area contributed by atoms with E-state index >= 15 is 0 Å². The van der Waals surface area contributed by atoms with E-state index in [4.69, 9.17) is 0 Å². The van der Waals surface area contributed by atoms with Crippen LogP contribution in [-0.2, 0) is 6.54 Å². The summed E-state index contributed by atoms with van der Waals surface area (Å²) in [5.74, 6) is 0.730. The van der Waals surface area contributed by atoms with E-state index in [9.17, 15) is 4.39 Å². The van der Waals surface area contributed by atoms with Gasteiger partial charge in [0.25, 0.3) is 0 Å². The molecule has 2 aliphatic rings. The van der Waals surface area contributed by atoms with Crippen molar-refractivity contribution < 1.29 is 4.39 Å². The molecule has 4 unspecified atom stereocenters. The van der Waals surface area contributed by atoms with Crippen molar-refractivity contribution in [3.63, 3.8) is 0 Å². The summed E-state index contributed by atoms with van der Waals surface area (Å²) in [6.45, 7) is 2.89. The van der Waals surface area contributed by atoms with Crippen molar-refractivity contribution in [2.45, 2.75) is 50.7 Å². The predicted octanol–water partition coefficient (Wildman–Crippen LogP) is 3.88. The van der Waals surface area contributed by atoms with Gasteiger partial charge in [0.1, 0.15) is 5.82 Å². The Morgan fingerprint density at radius 1 is 1.03 bits per heavy atom. The van der Waals surface area contributed by atoms with Crippen LogP contribution in [0.2, 0.25) is 0 Å². The number of nitrogens with one attached hydrogen (secondary N) is 2. The fourth-order valence-corrected chi connectivity index (χ4v) is 4.90. The first-order valence-corrected chi connectivity index (χ1v) is 10.4. The lowest BCUT2D eigenvalue weighted by molar-refractivity contribution is 0.280. The maximum atomic E-state index is 13.6. The normalized spacial score (nSPS) is 26.4. The molecule has 29 heavy (non-hydrogen) atoms. The Balaban J connectivity index is 1.52. The number of halogens is 1. The molecule has 0 radical (unpaired) electrons. The third-order valence-electron chi connectivity index (χ3n) is 6.48. The highest BCUT2D eigenvalue weighted by Gasteiger charge is 2.40. The zero-order valence-electron chi connectivity index (χ0n) is 16.6. The van der Waals surface area contributed by atoms with Crippen molar-refractivity contribution in [2.75, 3.05) is 0 Å². The molecule has 2 heterocycles. The first kappa shape index (κ1) is 18.5. The number of hydrogen-bond acceptors (Lipinski definition) is 4. The quantitative estimate of drug-likeness (QED) is 0.709. The maximum Gasteiger partial charge on any atom is 0.123 e. The van der Waals surface area contributed by atoms with Crippen molar-refractivity contribution in [2.24, 2.45) is 5.92 Å². The molecular formula is C23H26FN5. The molecule has 0 amide bonds. The standard InChI is InChI=1S/C23H26FN5/c1-15-20-13-18(9-12-21(20)26-25-15)22-23(17-7-10-19(24)11-8-17)29(28-27-22)14-16-5-3-2-4-6-16/h2-8,10-11,15,18,20-21,25-26H,9,12-14H2,1H3. The molecule has 3 aromatic rings. The molecule has 4 atom stereocenters. The lowest BCUT2D eigenvalue weighted by Crippen LogP contribution is -2.34. The van der Waals surface area contributed by atoms with E-state index in [-0.39, 0.29) is 5.82 Å². The van der Waals surface area contributed by atoms with Gasteiger partial charge in [-0.2, -0.15) is 0 Å². The molecule has 6 heteroatoms.